The summed E-state index contributed by atoms with van der Waals surface area (Å²) in [5.74, 6) is 0. The first-order valence-corrected chi connectivity index (χ1v) is 18.7. The zero-order valence-corrected chi connectivity index (χ0v) is 29.4. The van der Waals surface area contributed by atoms with Crippen molar-refractivity contribution in [2.75, 3.05) is 0 Å². The second kappa shape index (κ2) is 11.2. The van der Waals surface area contributed by atoms with Gasteiger partial charge in [-0.3, -0.25) is 0 Å². The third-order valence-electron chi connectivity index (χ3n) is 11.7. The highest BCUT2D eigenvalue weighted by atomic mass is 15.0. The lowest BCUT2D eigenvalue weighted by atomic mass is 9.94. The minimum atomic E-state index is 1.16. The Labute approximate surface area is 312 Å². The molecular formula is C52H32N2. The molecule has 2 aromatic heterocycles. The van der Waals surface area contributed by atoms with Crippen molar-refractivity contribution in [3.63, 3.8) is 0 Å². The topological polar surface area (TPSA) is 9.86 Å². The molecule has 0 amide bonds. The quantitative estimate of drug-likeness (QED) is 0.175. The zero-order valence-electron chi connectivity index (χ0n) is 29.4. The molecule has 2 heteroatoms. The van der Waals surface area contributed by atoms with E-state index in [1.165, 1.54) is 105 Å². The van der Waals surface area contributed by atoms with Crippen LogP contribution < -0.4 is 0 Å². The van der Waals surface area contributed by atoms with E-state index in [9.17, 15) is 0 Å². The molecule has 1 aliphatic rings. The Kier molecular flexibility index (Phi) is 6.09. The third kappa shape index (κ3) is 4.11. The van der Waals surface area contributed by atoms with Gasteiger partial charge in [0.15, 0.2) is 0 Å². The fraction of sp³-hybridized carbons (Fsp3) is 0. The normalized spacial score (nSPS) is 12.1. The van der Waals surface area contributed by atoms with Crippen LogP contribution in [0, 0.1) is 0 Å². The van der Waals surface area contributed by atoms with Gasteiger partial charge in [0.1, 0.15) is 0 Å². The Morgan fingerprint density at radius 1 is 0.241 bits per heavy atom. The highest BCUT2D eigenvalue weighted by Gasteiger charge is 2.23. The summed E-state index contributed by atoms with van der Waals surface area (Å²) in [6, 6.07) is 71.4. The molecule has 0 N–H and O–H groups in total. The summed E-state index contributed by atoms with van der Waals surface area (Å²) in [5, 5.41) is 7.69. The summed E-state index contributed by atoms with van der Waals surface area (Å²) in [6.45, 7) is 0. The van der Waals surface area contributed by atoms with E-state index in [1.807, 2.05) is 0 Å². The maximum atomic E-state index is 2.44. The number of fused-ring (bicyclic) bond motifs is 9. The lowest BCUT2D eigenvalue weighted by Crippen LogP contribution is -1.94. The molecule has 12 rings (SSSR count). The van der Waals surface area contributed by atoms with Crippen LogP contribution in [-0.4, -0.2) is 9.13 Å². The van der Waals surface area contributed by atoms with Crippen molar-refractivity contribution in [2.45, 2.75) is 0 Å². The van der Waals surface area contributed by atoms with E-state index < -0.39 is 0 Å². The predicted molar refractivity (Wildman–Crippen MR) is 228 cm³/mol. The molecule has 2 nitrogen and oxygen atoms in total. The van der Waals surface area contributed by atoms with Crippen LogP contribution in [0.15, 0.2) is 194 Å². The molecule has 0 atom stereocenters. The van der Waals surface area contributed by atoms with E-state index in [-0.39, 0.29) is 0 Å². The first-order valence-electron chi connectivity index (χ1n) is 18.7. The van der Waals surface area contributed by atoms with Gasteiger partial charge in [-0.2, -0.15) is 0 Å². The molecule has 0 radical (unpaired) electrons. The minimum Gasteiger partial charge on any atom is -0.309 e. The average molecular weight is 685 g/mol. The zero-order chi connectivity index (χ0) is 35.3. The lowest BCUT2D eigenvalue weighted by molar-refractivity contribution is 1.18. The fourth-order valence-electron chi connectivity index (χ4n) is 9.31. The Balaban J connectivity index is 1.01. The van der Waals surface area contributed by atoms with Gasteiger partial charge in [0.25, 0.3) is 0 Å². The van der Waals surface area contributed by atoms with Crippen molar-refractivity contribution in [3.05, 3.63) is 194 Å². The number of aromatic nitrogens is 2. The summed E-state index contributed by atoms with van der Waals surface area (Å²) in [4.78, 5) is 0. The Morgan fingerprint density at radius 3 is 1.41 bits per heavy atom. The minimum absolute atomic E-state index is 1.16. The molecule has 54 heavy (non-hydrogen) atoms. The molecule has 1 aliphatic carbocycles. The summed E-state index contributed by atoms with van der Waals surface area (Å²) in [5.41, 5.74) is 17.4. The molecular weight excluding hydrogens is 653 g/mol. The standard InChI is InChI=1S/C52H32N2/c1-2-13-36(14-3-1)53-48-22-8-6-18-41(48)46-31-33(24-28-50(46)53)34-25-29-51-47(32-34)42-19-7-9-23-49(42)54(51)37-15-10-12-35(30-37)38-26-27-45-40-17-5-4-16-39(40)44-21-11-20-43(38)52(44)45/h1-32H. The Bertz CT molecular complexity index is 3290. The fourth-order valence-corrected chi connectivity index (χ4v) is 9.31. The van der Waals surface area contributed by atoms with Crippen LogP contribution in [0.4, 0.5) is 0 Å². The van der Waals surface area contributed by atoms with Crippen LogP contribution >= 0.6 is 0 Å². The largest absolute Gasteiger partial charge is 0.309 e. The van der Waals surface area contributed by atoms with Gasteiger partial charge in [0.05, 0.1) is 22.1 Å². The van der Waals surface area contributed by atoms with E-state index in [0.717, 1.165) is 5.69 Å². The number of para-hydroxylation sites is 3. The van der Waals surface area contributed by atoms with Crippen molar-refractivity contribution >= 4 is 54.4 Å². The van der Waals surface area contributed by atoms with Crippen LogP contribution in [0.25, 0.3) is 110 Å². The van der Waals surface area contributed by atoms with E-state index >= 15 is 0 Å². The lowest BCUT2D eigenvalue weighted by Gasteiger charge is -2.13. The molecule has 0 saturated heterocycles. The van der Waals surface area contributed by atoms with Crippen molar-refractivity contribution in [1.82, 2.24) is 9.13 Å². The van der Waals surface area contributed by atoms with Crippen molar-refractivity contribution in [1.29, 1.82) is 0 Å². The van der Waals surface area contributed by atoms with Crippen LogP contribution in [0.1, 0.15) is 0 Å². The van der Waals surface area contributed by atoms with Crippen LogP contribution in [0.2, 0.25) is 0 Å². The molecule has 250 valence electrons. The summed E-state index contributed by atoms with van der Waals surface area (Å²) >= 11 is 0. The molecule has 0 aliphatic heterocycles. The Morgan fingerprint density at radius 2 is 0.722 bits per heavy atom. The van der Waals surface area contributed by atoms with E-state index in [1.54, 1.807) is 0 Å². The molecule has 11 aromatic rings. The van der Waals surface area contributed by atoms with Crippen molar-refractivity contribution in [3.8, 4) is 55.9 Å². The van der Waals surface area contributed by atoms with E-state index in [2.05, 4.69) is 203 Å². The first-order chi connectivity index (χ1) is 26.8. The average Bonchev–Trinajstić information content (AvgIpc) is 3.87. The molecule has 9 aromatic carbocycles. The maximum absolute atomic E-state index is 2.44. The number of benzene rings is 9. The summed E-state index contributed by atoms with van der Waals surface area (Å²) < 4.78 is 4.81. The molecule has 0 unspecified atom stereocenters. The number of rotatable bonds is 4. The smallest absolute Gasteiger partial charge is 0.0541 e. The predicted octanol–water partition coefficient (Wildman–Crippen LogP) is 14.0. The summed E-state index contributed by atoms with van der Waals surface area (Å²) in [6.07, 6.45) is 0. The second-order valence-corrected chi connectivity index (χ2v) is 14.5. The number of nitrogens with zero attached hydrogens (tertiary/aromatic N) is 2. The van der Waals surface area contributed by atoms with Gasteiger partial charge in [0, 0.05) is 32.9 Å². The van der Waals surface area contributed by atoms with Gasteiger partial charge < -0.3 is 9.13 Å². The van der Waals surface area contributed by atoms with Gasteiger partial charge in [-0.1, -0.05) is 133 Å². The van der Waals surface area contributed by atoms with Crippen molar-refractivity contribution in [2.24, 2.45) is 0 Å². The van der Waals surface area contributed by atoms with Gasteiger partial charge in [-0.15, -0.1) is 0 Å². The van der Waals surface area contributed by atoms with Gasteiger partial charge in [-0.25, -0.2) is 0 Å². The molecule has 0 bridgehead atoms. The van der Waals surface area contributed by atoms with Crippen LogP contribution in [0.3, 0.4) is 0 Å². The molecule has 2 heterocycles. The van der Waals surface area contributed by atoms with Crippen molar-refractivity contribution < 1.29 is 0 Å². The first kappa shape index (κ1) is 29.4. The number of hydrogen-bond donors (Lipinski definition) is 0. The maximum Gasteiger partial charge on any atom is 0.0541 e. The molecule has 0 saturated carbocycles. The monoisotopic (exact) mass is 684 g/mol. The molecule has 0 fully saturated rings. The van der Waals surface area contributed by atoms with Crippen LogP contribution in [-0.2, 0) is 0 Å². The highest BCUT2D eigenvalue weighted by Crippen LogP contribution is 2.49. The molecule has 0 spiro atoms. The highest BCUT2D eigenvalue weighted by molar-refractivity contribution is 6.19. The van der Waals surface area contributed by atoms with E-state index in [0.29, 0.717) is 0 Å². The van der Waals surface area contributed by atoms with Gasteiger partial charge >= 0.3 is 0 Å². The Hall–Kier alpha value is -7.16. The summed E-state index contributed by atoms with van der Waals surface area (Å²) in [7, 11) is 0. The van der Waals surface area contributed by atoms with Crippen LogP contribution in [0.5, 0.6) is 0 Å². The SMILES string of the molecule is c1ccc(-n2c3ccccc3c3cc(-c4ccc5c(c4)c4ccccc4n5-c4cccc(-c5ccc6c7c(cccc57)-c5ccccc5-6)c4)ccc32)cc1. The third-order valence-corrected chi connectivity index (χ3v) is 11.7. The van der Waals surface area contributed by atoms with E-state index in [4.69, 9.17) is 0 Å². The second-order valence-electron chi connectivity index (χ2n) is 14.5. The van der Waals surface area contributed by atoms with Gasteiger partial charge in [-0.05, 0) is 116 Å². The van der Waals surface area contributed by atoms with Gasteiger partial charge in [0.2, 0.25) is 0 Å². The number of hydrogen-bond acceptors (Lipinski definition) is 0.